The van der Waals surface area contributed by atoms with E-state index in [1.54, 1.807) is 0 Å². The van der Waals surface area contributed by atoms with Crippen LogP contribution >= 0.6 is 0 Å². The molecule has 1 N–H and O–H groups in total. The lowest BCUT2D eigenvalue weighted by Crippen LogP contribution is -2.55. The molecule has 176 valence electrons. The van der Waals surface area contributed by atoms with Crippen LogP contribution in [0.2, 0.25) is 0 Å². The van der Waals surface area contributed by atoms with Crippen molar-refractivity contribution in [3.05, 3.63) is 21.8 Å². The van der Waals surface area contributed by atoms with Crippen LogP contribution in [0.5, 0.6) is 0 Å². The largest absolute Gasteiger partial charge is 0.389 e. The van der Waals surface area contributed by atoms with E-state index in [0.717, 1.165) is 36.2 Å². The summed E-state index contributed by atoms with van der Waals surface area (Å²) in [5.41, 5.74) is 1.21. The van der Waals surface area contributed by atoms with E-state index in [2.05, 4.69) is 34.6 Å². The molecule has 3 saturated carbocycles. The zero-order valence-corrected chi connectivity index (χ0v) is 20.5. The Labute approximate surface area is 189 Å². The zero-order valence-electron chi connectivity index (χ0n) is 20.5. The van der Waals surface area contributed by atoms with Crippen LogP contribution in [0.25, 0.3) is 0 Å². The third-order valence-electron chi connectivity index (χ3n) is 10.6. The predicted molar refractivity (Wildman–Crippen MR) is 125 cm³/mol. The Morgan fingerprint density at radius 1 is 1.10 bits per heavy atom. The third-order valence-corrected chi connectivity index (χ3v) is 10.6. The van der Waals surface area contributed by atoms with Crippen molar-refractivity contribution in [3.63, 3.8) is 0 Å². The summed E-state index contributed by atoms with van der Waals surface area (Å²) in [4.78, 5) is 12.1. The minimum absolute atomic E-state index is 0.0364. The van der Waals surface area contributed by atoms with E-state index in [-0.39, 0.29) is 10.3 Å². The van der Waals surface area contributed by atoms with Gasteiger partial charge in [-0.05, 0) is 90.9 Å². The Morgan fingerprint density at radius 2 is 1.84 bits per heavy atom. The van der Waals surface area contributed by atoms with E-state index in [0.29, 0.717) is 29.6 Å². The zero-order chi connectivity index (χ0) is 22.6. The topological polar surface area (TPSA) is 63.4 Å². The first-order chi connectivity index (χ1) is 14.6. The van der Waals surface area contributed by atoms with Crippen LogP contribution in [-0.2, 0) is 0 Å². The van der Waals surface area contributed by atoms with Crippen molar-refractivity contribution in [3.8, 4) is 0 Å². The van der Waals surface area contributed by atoms with Crippen molar-refractivity contribution in [2.24, 2.45) is 46.3 Å². The van der Waals surface area contributed by atoms with E-state index in [1.807, 2.05) is 6.08 Å². The van der Waals surface area contributed by atoms with Gasteiger partial charge >= 0.3 is 0 Å². The molecule has 0 spiro atoms. The molecule has 0 amide bonds. The molecular weight excluding hydrogens is 386 g/mol. The Bertz CT molecular complexity index is 717. The lowest BCUT2D eigenvalue weighted by Gasteiger charge is -2.59. The molecule has 31 heavy (non-hydrogen) atoms. The molecule has 9 atom stereocenters. The molecular formula is C27H45NO3. The van der Waals surface area contributed by atoms with Gasteiger partial charge in [0.15, 0.2) is 0 Å². The van der Waals surface area contributed by atoms with Crippen molar-refractivity contribution in [1.82, 2.24) is 0 Å². The number of nitrogens with zero attached hydrogens (tertiary/aromatic N) is 1. The highest BCUT2D eigenvalue weighted by atomic mass is 16.6. The first-order valence-electron chi connectivity index (χ1n) is 13.1. The molecule has 3 fully saturated rings. The lowest BCUT2D eigenvalue weighted by molar-refractivity contribution is -0.521. The molecule has 0 aromatic carbocycles. The smallest absolute Gasteiger partial charge is 0.235 e. The summed E-state index contributed by atoms with van der Waals surface area (Å²) in [6.07, 6.45) is 12.8. The Kier molecular flexibility index (Phi) is 6.35. The summed E-state index contributed by atoms with van der Waals surface area (Å²) >= 11 is 0. The molecule has 0 aliphatic heterocycles. The van der Waals surface area contributed by atoms with Crippen LogP contribution < -0.4 is 0 Å². The van der Waals surface area contributed by atoms with Crippen LogP contribution in [0.15, 0.2) is 11.6 Å². The SMILES string of the molecule is CC(C)CCC[C@@H](C)[C@H]1CC[C@H]2[C@@H]3C[C@H]([N+](=O)[O-])C4=C[C@H](O)CC[C@]4(C)[C@H]3CC[C@]12C. The Morgan fingerprint density at radius 3 is 2.52 bits per heavy atom. The standard InChI is InChI=1S/C27H45NO3/c1-17(2)7-6-8-18(3)21-9-10-22-20-16-25(28(30)31)24-15-19(29)11-13-27(24,5)23(20)12-14-26(21,22)4/h15,17-23,25,29H,6-14,16H2,1-5H3/t18-,19-,20+,21-,22+,23+,25+,26-,27-/m1/s1. The summed E-state index contributed by atoms with van der Waals surface area (Å²) in [6, 6.07) is -0.592. The van der Waals surface area contributed by atoms with Crippen LogP contribution in [0.4, 0.5) is 0 Å². The second-order valence-corrected chi connectivity index (χ2v) is 12.6. The molecule has 4 heteroatoms. The Hall–Kier alpha value is -0.900. The maximum atomic E-state index is 12.1. The monoisotopic (exact) mass is 431 g/mol. The van der Waals surface area contributed by atoms with Gasteiger partial charge in [-0.1, -0.05) is 53.9 Å². The molecule has 0 aromatic heterocycles. The number of fused-ring (bicyclic) bond motifs is 5. The summed E-state index contributed by atoms with van der Waals surface area (Å²) in [5, 5.41) is 22.4. The number of aliphatic hydroxyl groups is 1. The average molecular weight is 432 g/mol. The van der Waals surface area contributed by atoms with Crippen molar-refractivity contribution < 1.29 is 10.0 Å². The van der Waals surface area contributed by atoms with E-state index in [4.69, 9.17) is 0 Å². The fourth-order valence-corrected chi connectivity index (χ4v) is 8.98. The molecule has 0 heterocycles. The number of aliphatic hydroxyl groups excluding tert-OH is 1. The van der Waals surface area contributed by atoms with Crippen molar-refractivity contribution in [2.45, 2.75) is 111 Å². The number of hydrogen-bond acceptors (Lipinski definition) is 3. The van der Waals surface area contributed by atoms with Crippen LogP contribution in [0.1, 0.15) is 98.8 Å². The normalized spacial score (nSPS) is 45.5. The first kappa shape index (κ1) is 23.3. The second-order valence-electron chi connectivity index (χ2n) is 12.6. The highest BCUT2D eigenvalue weighted by Crippen LogP contribution is 2.68. The van der Waals surface area contributed by atoms with Gasteiger partial charge in [0.05, 0.1) is 6.10 Å². The van der Waals surface area contributed by atoms with Crippen molar-refractivity contribution in [1.29, 1.82) is 0 Å². The van der Waals surface area contributed by atoms with Crippen LogP contribution in [-0.4, -0.2) is 22.2 Å². The maximum Gasteiger partial charge on any atom is 0.235 e. The van der Waals surface area contributed by atoms with Crippen molar-refractivity contribution >= 4 is 0 Å². The quantitative estimate of drug-likeness (QED) is 0.291. The van der Waals surface area contributed by atoms with E-state index in [9.17, 15) is 15.2 Å². The molecule has 0 unspecified atom stereocenters. The minimum Gasteiger partial charge on any atom is -0.389 e. The lowest BCUT2D eigenvalue weighted by atomic mass is 9.45. The second kappa shape index (κ2) is 8.47. The fraction of sp³-hybridized carbons (Fsp3) is 0.926. The summed E-state index contributed by atoms with van der Waals surface area (Å²) < 4.78 is 0. The molecule has 4 nitrogen and oxygen atoms in total. The number of rotatable bonds is 6. The van der Waals surface area contributed by atoms with Gasteiger partial charge in [-0.25, -0.2) is 0 Å². The summed E-state index contributed by atoms with van der Waals surface area (Å²) in [5.74, 6) is 3.98. The Balaban J connectivity index is 1.57. The van der Waals surface area contributed by atoms with Gasteiger partial charge in [-0.3, -0.25) is 10.1 Å². The minimum atomic E-state index is -0.592. The van der Waals surface area contributed by atoms with E-state index in [1.165, 1.54) is 44.9 Å². The number of hydrogen-bond donors (Lipinski definition) is 1. The maximum absolute atomic E-state index is 12.1. The molecule has 0 aromatic rings. The molecule has 0 saturated heterocycles. The molecule has 0 radical (unpaired) electrons. The first-order valence-corrected chi connectivity index (χ1v) is 13.1. The van der Waals surface area contributed by atoms with E-state index >= 15 is 0 Å². The van der Waals surface area contributed by atoms with E-state index < -0.39 is 12.1 Å². The van der Waals surface area contributed by atoms with Gasteiger partial charge in [0.1, 0.15) is 0 Å². The molecule has 0 bridgehead atoms. The third kappa shape index (κ3) is 3.89. The van der Waals surface area contributed by atoms with Gasteiger partial charge < -0.3 is 5.11 Å². The van der Waals surface area contributed by atoms with Crippen LogP contribution in [0, 0.1) is 56.5 Å². The van der Waals surface area contributed by atoms with Gasteiger partial charge in [-0.2, -0.15) is 0 Å². The van der Waals surface area contributed by atoms with Gasteiger partial charge in [-0.15, -0.1) is 0 Å². The summed E-state index contributed by atoms with van der Waals surface area (Å²) in [7, 11) is 0. The molecule has 4 aliphatic carbocycles. The highest BCUT2D eigenvalue weighted by molar-refractivity contribution is 5.29. The summed E-state index contributed by atoms with van der Waals surface area (Å²) in [6.45, 7) is 12.0. The van der Waals surface area contributed by atoms with Gasteiger partial charge in [0.2, 0.25) is 6.04 Å². The van der Waals surface area contributed by atoms with Crippen LogP contribution in [0.3, 0.4) is 0 Å². The fourth-order valence-electron chi connectivity index (χ4n) is 8.98. The van der Waals surface area contributed by atoms with Gasteiger partial charge in [0, 0.05) is 16.9 Å². The highest BCUT2D eigenvalue weighted by Gasteiger charge is 2.62. The molecule has 4 rings (SSSR count). The van der Waals surface area contributed by atoms with Gasteiger partial charge in [0.25, 0.3) is 0 Å². The number of nitro groups is 1. The average Bonchev–Trinajstić information content (AvgIpc) is 3.05. The predicted octanol–water partition coefficient (Wildman–Crippen LogP) is 6.64. The van der Waals surface area contributed by atoms with Crippen molar-refractivity contribution in [2.75, 3.05) is 0 Å². The molecule has 4 aliphatic rings.